The second kappa shape index (κ2) is 4.71. The Morgan fingerprint density at radius 2 is 2.38 bits per heavy atom. The predicted octanol–water partition coefficient (Wildman–Crippen LogP) is 2.66. The van der Waals surface area contributed by atoms with E-state index in [0.29, 0.717) is 12.2 Å². The van der Waals surface area contributed by atoms with Crippen LogP contribution in [-0.2, 0) is 6.54 Å². The number of hydrogen-bond acceptors (Lipinski definition) is 5. The van der Waals surface area contributed by atoms with E-state index < -0.39 is 4.92 Å². The Bertz CT molecular complexity index is 485. The van der Waals surface area contributed by atoms with Gasteiger partial charge in [0.05, 0.1) is 4.92 Å². The van der Waals surface area contributed by atoms with Crippen LogP contribution in [-0.4, -0.2) is 9.91 Å². The summed E-state index contributed by atoms with van der Waals surface area (Å²) in [5.41, 5.74) is 0.493. The van der Waals surface area contributed by atoms with Gasteiger partial charge >= 0.3 is 5.69 Å². The number of anilines is 1. The fraction of sp³-hybridized carbons (Fsp3) is 0.100. The first-order chi connectivity index (χ1) is 7.77. The lowest BCUT2D eigenvalue weighted by molar-refractivity contribution is -0.384. The molecule has 16 heavy (non-hydrogen) atoms. The van der Waals surface area contributed by atoms with Crippen molar-refractivity contribution in [3.05, 3.63) is 51.0 Å². The Balaban J connectivity index is 2.12. The van der Waals surface area contributed by atoms with Crippen molar-refractivity contribution in [2.45, 2.75) is 6.54 Å². The highest BCUT2D eigenvalue weighted by molar-refractivity contribution is 7.09. The molecule has 0 aliphatic carbocycles. The van der Waals surface area contributed by atoms with Crippen LogP contribution in [0.25, 0.3) is 0 Å². The summed E-state index contributed by atoms with van der Waals surface area (Å²) in [6.45, 7) is 0.586. The standard InChI is InChI=1S/C10H9N3O2S/c14-13(15)10-7-11-4-3-9(10)12-6-8-2-1-5-16-8/h1-5,7H,6H2,(H,11,12). The average molecular weight is 235 g/mol. The van der Waals surface area contributed by atoms with Crippen LogP contribution < -0.4 is 5.32 Å². The predicted molar refractivity (Wildman–Crippen MR) is 62.5 cm³/mol. The molecule has 0 fully saturated rings. The molecule has 0 bridgehead atoms. The van der Waals surface area contributed by atoms with Crippen molar-refractivity contribution < 1.29 is 4.92 Å². The van der Waals surface area contributed by atoms with Crippen molar-refractivity contribution >= 4 is 22.7 Å². The largest absolute Gasteiger partial charge is 0.375 e. The molecule has 0 amide bonds. The SMILES string of the molecule is O=[N+]([O-])c1cnccc1NCc1cccs1. The van der Waals surface area contributed by atoms with Crippen LogP contribution in [0.1, 0.15) is 4.88 Å². The quantitative estimate of drug-likeness (QED) is 0.653. The molecule has 2 rings (SSSR count). The van der Waals surface area contributed by atoms with Crippen molar-refractivity contribution in [3.8, 4) is 0 Å². The average Bonchev–Trinajstić information content (AvgIpc) is 2.79. The van der Waals surface area contributed by atoms with E-state index in [2.05, 4.69) is 10.3 Å². The third kappa shape index (κ3) is 2.34. The van der Waals surface area contributed by atoms with E-state index in [-0.39, 0.29) is 5.69 Å². The zero-order valence-electron chi connectivity index (χ0n) is 8.29. The lowest BCUT2D eigenvalue weighted by atomic mass is 10.3. The van der Waals surface area contributed by atoms with Gasteiger partial charge in [-0.05, 0) is 17.5 Å². The molecule has 2 aromatic heterocycles. The van der Waals surface area contributed by atoms with Crippen LogP contribution in [0.15, 0.2) is 36.0 Å². The maximum atomic E-state index is 10.7. The number of nitrogens with zero attached hydrogens (tertiary/aromatic N) is 2. The lowest BCUT2D eigenvalue weighted by Crippen LogP contribution is -2.01. The number of hydrogen-bond donors (Lipinski definition) is 1. The molecule has 6 heteroatoms. The van der Waals surface area contributed by atoms with Gasteiger partial charge in [-0.15, -0.1) is 11.3 Å². The molecule has 0 aromatic carbocycles. The number of pyridine rings is 1. The second-order valence-electron chi connectivity index (χ2n) is 3.08. The van der Waals surface area contributed by atoms with E-state index in [1.54, 1.807) is 17.4 Å². The molecule has 1 N–H and O–H groups in total. The topological polar surface area (TPSA) is 68.1 Å². The highest BCUT2D eigenvalue weighted by Crippen LogP contribution is 2.23. The minimum atomic E-state index is -0.441. The Kier molecular flexibility index (Phi) is 3.11. The third-order valence-corrected chi connectivity index (χ3v) is 2.91. The van der Waals surface area contributed by atoms with Crippen LogP contribution in [0.4, 0.5) is 11.4 Å². The summed E-state index contributed by atoms with van der Waals surface area (Å²) in [5, 5.41) is 15.7. The molecule has 0 atom stereocenters. The van der Waals surface area contributed by atoms with Gasteiger partial charge < -0.3 is 5.32 Å². The van der Waals surface area contributed by atoms with Gasteiger partial charge in [0.25, 0.3) is 0 Å². The number of aromatic nitrogens is 1. The molecule has 0 radical (unpaired) electrons. The van der Waals surface area contributed by atoms with E-state index >= 15 is 0 Å². The molecule has 0 saturated carbocycles. The number of rotatable bonds is 4. The molecule has 2 heterocycles. The van der Waals surface area contributed by atoms with E-state index in [1.807, 2.05) is 17.5 Å². The molecule has 2 aromatic rings. The minimum Gasteiger partial charge on any atom is -0.375 e. The molecular weight excluding hydrogens is 226 g/mol. The number of thiophene rings is 1. The fourth-order valence-corrected chi connectivity index (χ4v) is 1.92. The fourth-order valence-electron chi connectivity index (χ4n) is 1.28. The second-order valence-corrected chi connectivity index (χ2v) is 4.12. The van der Waals surface area contributed by atoms with Crippen molar-refractivity contribution in [2.24, 2.45) is 0 Å². The normalized spacial score (nSPS) is 10.0. The molecule has 0 aliphatic rings. The third-order valence-electron chi connectivity index (χ3n) is 2.03. The lowest BCUT2D eigenvalue weighted by Gasteiger charge is -2.04. The Morgan fingerprint density at radius 1 is 1.50 bits per heavy atom. The first-order valence-corrected chi connectivity index (χ1v) is 5.50. The summed E-state index contributed by atoms with van der Waals surface area (Å²) < 4.78 is 0. The van der Waals surface area contributed by atoms with E-state index in [9.17, 15) is 10.1 Å². The first kappa shape index (κ1) is 10.6. The summed E-state index contributed by atoms with van der Waals surface area (Å²) >= 11 is 1.61. The summed E-state index contributed by atoms with van der Waals surface area (Å²) in [7, 11) is 0. The number of nitrogens with one attached hydrogen (secondary N) is 1. The maximum absolute atomic E-state index is 10.7. The molecule has 0 spiro atoms. The molecule has 0 aliphatic heterocycles. The Morgan fingerprint density at radius 3 is 3.06 bits per heavy atom. The van der Waals surface area contributed by atoms with Crippen molar-refractivity contribution in [1.29, 1.82) is 0 Å². The van der Waals surface area contributed by atoms with Gasteiger partial charge in [-0.25, -0.2) is 0 Å². The van der Waals surface area contributed by atoms with Crippen LogP contribution in [0.2, 0.25) is 0 Å². The van der Waals surface area contributed by atoms with Gasteiger partial charge in [0.15, 0.2) is 0 Å². The highest BCUT2D eigenvalue weighted by atomic mass is 32.1. The molecular formula is C10H9N3O2S. The zero-order valence-corrected chi connectivity index (χ0v) is 9.11. The Hall–Kier alpha value is -1.95. The van der Waals surface area contributed by atoms with Gasteiger partial charge in [0.2, 0.25) is 0 Å². The van der Waals surface area contributed by atoms with Crippen LogP contribution in [0, 0.1) is 10.1 Å². The number of nitro groups is 1. The molecule has 0 saturated heterocycles. The minimum absolute atomic E-state index is 0.000874. The van der Waals surface area contributed by atoms with Gasteiger partial charge in [-0.2, -0.15) is 0 Å². The van der Waals surface area contributed by atoms with Gasteiger partial charge in [-0.3, -0.25) is 15.1 Å². The summed E-state index contributed by atoms with van der Waals surface area (Å²) in [4.78, 5) is 15.1. The van der Waals surface area contributed by atoms with Gasteiger partial charge in [-0.1, -0.05) is 6.07 Å². The molecule has 0 unspecified atom stereocenters. The summed E-state index contributed by atoms with van der Waals surface area (Å²) in [6.07, 6.45) is 2.78. The molecule has 5 nitrogen and oxygen atoms in total. The first-order valence-electron chi connectivity index (χ1n) is 4.62. The van der Waals surface area contributed by atoms with Crippen LogP contribution >= 0.6 is 11.3 Å². The van der Waals surface area contributed by atoms with Crippen LogP contribution in [0.3, 0.4) is 0 Å². The molecule has 82 valence electrons. The van der Waals surface area contributed by atoms with Crippen LogP contribution in [0.5, 0.6) is 0 Å². The van der Waals surface area contributed by atoms with E-state index in [0.717, 1.165) is 4.88 Å². The van der Waals surface area contributed by atoms with Gasteiger partial charge in [0.1, 0.15) is 11.9 Å². The van der Waals surface area contributed by atoms with Gasteiger partial charge in [0, 0.05) is 17.6 Å². The van der Waals surface area contributed by atoms with Crippen molar-refractivity contribution in [1.82, 2.24) is 4.98 Å². The smallest absolute Gasteiger partial charge is 0.310 e. The Labute approximate surface area is 95.9 Å². The monoisotopic (exact) mass is 235 g/mol. The van der Waals surface area contributed by atoms with Crippen molar-refractivity contribution in [3.63, 3.8) is 0 Å². The van der Waals surface area contributed by atoms with Crippen molar-refractivity contribution in [2.75, 3.05) is 5.32 Å². The summed E-state index contributed by atoms with van der Waals surface area (Å²) in [6, 6.07) is 5.53. The maximum Gasteiger partial charge on any atom is 0.310 e. The highest BCUT2D eigenvalue weighted by Gasteiger charge is 2.12. The van der Waals surface area contributed by atoms with E-state index in [1.165, 1.54) is 12.4 Å². The zero-order chi connectivity index (χ0) is 11.4. The summed E-state index contributed by atoms with van der Waals surface area (Å²) in [5.74, 6) is 0. The van der Waals surface area contributed by atoms with E-state index in [4.69, 9.17) is 0 Å².